The molecule has 29 heavy (non-hydrogen) atoms. The van der Waals surface area contributed by atoms with Crippen molar-refractivity contribution < 1.29 is 18.8 Å². The van der Waals surface area contributed by atoms with Gasteiger partial charge in [0.2, 0.25) is 0 Å². The zero-order valence-corrected chi connectivity index (χ0v) is 21.5. The number of hydrogen-bond donors (Lipinski definition) is 0. The van der Waals surface area contributed by atoms with E-state index < -0.39 is 20.0 Å². The van der Waals surface area contributed by atoms with Crippen molar-refractivity contribution in [2.75, 3.05) is 13.2 Å². The number of carbonyl (C=O) groups is 2. The van der Waals surface area contributed by atoms with Gasteiger partial charge in [-0.2, -0.15) is 0 Å². The topological polar surface area (TPSA) is 55.8 Å². The fourth-order valence-electron chi connectivity index (χ4n) is 2.56. The highest BCUT2D eigenvalue weighted by molar-refractivity contribution is 6.74. The fraction of sp³-hybridized carbons (Fsp3) is 0.739. The highest BCUT2D eigenvalue weighted by Crippen LogP contribution is 2.37. The molecule has 0 radical (unpaired) electrons. The predicted octanol–water partition coefficient (Wildman–Crippen LogP) is 6.12. The number of ether oxygens (including phenoxy) is 1. The SMILES string of the molecule is C/C=C/C(=O)CN(C(=O)OC(C)(C)C)C(CO[Si](C)(C)C(C)(C)C)/C(=C/C)CC. The van der Waals surface area contributed by atoms with Crippen molar-refractivity contribution in [1.29, 1.82) is 0 Å². The molecule has 0 aromatic carbocycles. The van der Waals surface area contributed by atoms with E-state index in [1.807, 2.05) is 33.8 Å². The second-order valence-corrected chi connectivity index (χ2v) is 14.7. The van der Waals surface area contributed by atoms with E-state index in [1.165, 1.54) is 11.0 Å². The molecule has 0 heterocycles. The maximum atomic E-state index is 13.1. The van der Waals surface area contributed by atoms with Gasteiger partial charge >= 0.3 is 6.09 Å². The Kier molecular flexibility index (Phi) is 10.6. The Morgan fingerprint density at radius 1 is 1.07 bits per heavy atom. The average molecular weight is 426 g/mol. The van der Waals surface area contributed by atoms with Gasteiger partial charge in [0.25, 0.3) is 0 Å². The van der Waals surface area contributed by atoms with Crippen molar-refractivity contribution in [3.8, 4) is 0 Å². The molecule has 0 saturated carbocycles. The maximum absolute atomic E-state index is 13.1. The molecule has 0 aromatic rings. The van der Waals surface area contributed by atoms with Crippen LogP contribution in [0.25, 0.3) is 0 Å². The van der Waals surface area contributed by atoms with E-state index in [0.717, 1.165) is 12.0 Å². The first-order valence-electron chi connectivity index (χ1n) is 10.5. The molecule has 0 aromatic heterocycles. The van der Waals surface area contributed by atoms with E-state index in [2.05, 4.69) is 40.8 Å². The van der Waals surface area contributed by atoms with E-state index in [0.29, 0.717) is 6.61 Å². The highest BCUT2D eigenvalue weighted by atomic mass is 28.4. The van der Waals surface area contributed by atoms with E-state index in [-0.39, 0.29) is 23.4 Å². The fourth-order valence-corrected chi connectivity index (χ4v) is 3.57. The van der Waals surface area contributed by atoms with Crippen LogP contribution in [-0.2, 0) is 14.0 Å². The predicted molar refractivity (Wildman–Crippen MR) is 124 cm³/mol. The highest BCUT2D eigenvalue weighted by Gasteiger charge is 2.39. The Labute approximate surface area is 179 Å². The lowest BCUT2D eigenvalue weighted by Gasteiger charge is -2.40. The monoisotopic (exact) mass is 425 g/mol. The summed E-state index contributed by atoms with van der Waals surface area (Å²) in [7, 11) is -2.03. The summed E-state index contributed by atoms with van der Waals surface area (Å²) in [5.41, 5.74) is 0.411. The largest absolute Gasteiger partial charge is 0.444 e. The number of ketones is 1. The van der Waals surface area contributed by atoms with Gasteiger partial charge in [-0.05, 0) is 70.8 Å². The standard InChI is InChI=1S/C23H43NO4Si/c1-12-15-19(25)16-24(21(26)28-22(4,5)6)20(18(13-2)14-3)17-27-29(10,11)23(7,8)9/h12-13,15,20H,14,16-17H2,1-11H3/b15-12+,18-13+. The maximum Gasteiger partial charge on any atom is 0.411 e. The molecule has 0 saturated heterocycles. The second-order valence-electron chi connectivity index (χ2n) is 9.88. The van der Waals surface area contributed by atoms with Crippen molar-refractivity contribution in [3.63, 3.8) is 0 Å². The Morgan fingerprint density at radius 2 is 1.62 bits per heavy atom. The molecule has 1 unspecified atom stereocenters. The first-order valence-corrected chi connectivity index (χ1v) is 13.4. The first-order chi connectivity index (χ1) is 13.1. The van der Waals surface area contributed by atoms with Crippen LogP contribution in [-0.4, -0.2) is 49.9 Å². The zero-order valence-electron chi connectivity index (χ0n) is 20.5. The minimum Gasteiger partial charge on any atom is -0.444 e. The van der Waals surface area contributed by atoms with E-state index in [4.69, 9.17) is 9.16 Å². The van der Waals surface area contributed by atoms with Crippen molar-refractivity contribution in [2.45, 2.75) is 98.5 Å². The summed E-state index contributed by atoms with van der Waals surface area (Å²) in [4.78, 5) is 27.0. The second kappa shape index (κ2) is 11.1. The minimum absolute atomic E-state index is 0.0396. The van der Waals surface area contributed by atoms with Crippen LogP contribution in [0, 0.1) is 0 Å². The van der Waals surface area contributed by atoms with E-state index in [1.54, 1.807) is 13.0 Å². The van der Waals surface area contributed by atoms with Crippen molar-refractivity contribution in [2.24, 2.45) is 0 Å². The number of hydrogen-bond acceptors (Lipinski definition) is 4. The molecule has 1 atom stereocenters. The lowest BCUT2D eigenvalue weighted by molar-refractivity contribution is -0.116. The lowest BCUT2D eigenvalue weighted by atomic mass is 10.0. The first kappa shape index (κ1) is 27.6. The van der Waals surface area contributed by atoms with Gasteiger partial charge in [0.05, 0.1) is 19.2 Å². The normalized spacial score (nSPS) is 14.8. The molecule has 0 aliphatic heterocycles. The lowest BCUT2D eigenvalue weighted by Crippen LogP contribution is -2.51. The third-order valence-corrected chi connectivity index (χ3v) is 9.80. The van der Waals surface area contributed by atoms with Gasteiger partial charge in [0.15, 0.2) is 14.1 Å². The number of allylic oxidation sites excluding steroid dienone is 2. The van der Waals surface area contributed by atoms with Gasteiger partial charge in [0.1, 0.15) is 5.60 Å². The molecule has 0 aliphatic rings. The van der Waals surface area contributed by atoms with Crippen LogP contribution in [0.3, 0.4) is 0 Å². The van der Waals surface area contributed by atoms with Crippen LogP contribution < -0.4 is 0 Å². The molecule has 0 rings (SSSR count). The Bertz CT molecular complexity index is 609. The molecule has 0 aliphatic carbocycles. The van der Waals surface area contributed by atoms with E-state index >= 15 is 0 Å². The molecule has 0 spiro atoms. The molecule has 0 fully saturated rings. The minimum atomic E-state index is -2.03. The van der Waals surface area contributed by atoms with Crippen LogP contribution in [0.5, 0.6) is 0 Å². The molecule has 6 heteroatoms. The summed E-state index contributed by atoms with van der Waals surface area (Å²) < 4.78 is 12.1. The molecular formula is C23H43NO4Si. The van der Waals surface area contributed by atoms with Crippen molar-refractivity contribution >= 4 is 20.2 Å². The van der Waals surface area contributed by atoms with Gasteiger partial charge in [-0.3, -0.25) is 9.69 Å². The molecular weight excluding hydrogens is 382 g/mol. The van der Waals surface area contributed by atoms with Gasteiger partial charge in [-0.15, -0.1) is 0 Å². The average Bonchev–Trinajstić information content (AvgIpc) is 2.54. The Hall–Kier alpha value is -1.40. The third kappa shape index (κ3) is 9.30. The number of rotatable bonds is 9. The molecule has 0 bridgehead atoms. The van der Waals surface area contributed by atoms with Crippen molar-refractivity contribution in [3.05, 3.63) is 23.8 Å². The van der Waals surface area contributed by atoms with Crippen LogP contribution in [0.4, 0.5) is 4.79 Å². The summed E-state index contributed by atoms with van der Waals surface area (Å²) in [6, 6.07) is -0.344. The van der Waals surface area contributed by atoms with E-state index in [9.17, 15) is 9.59 Å². The van der Waals surface area contributed by atoms with Crippen LogP contribution in [0.1, 0.15) is 68.7 Å². The van der Waals surface area contributed by atoms with Crippen LogP contribution in [0.2, 0.25) is 18.1 Å². The smallest absolute Gasteiger partial charge is 0.411 e. The number of amides is 1. The third-order valence-electron chi connectivity index (χ3n) is 5.30. The van der Waals surface area contributed by atoms with Crippen LogP contribution >= 0.6 is 0 Å². The molecule has 0 N–H and O–H groups in total. The van der Waals surface area contributed by atoms with Gasteiger partial charge in [-0.1, -0.05) is 39.8 Å². The zero-order chi connectivity index (χ0) is 23.0. The summed E-state index contributed by atoms with van der Waals surface area (Å²) in [6.45, 7) is 22.5. The summed E-state index contributed by atoms with van der Waals surface area (Å²) in [6.07, 6.45) is 5.46. The Morgan fingerprint density at radius 3 is 2.00 bits per heavy atom. The van der Waals surface area contributed by atoms with Gasteiger partial charge in [-0.25, -0.2) is 4.79 Å². The summed E-state index contributed by atoms with van der Waals surface area (Å²) >= 11 is 0. The Balaban J connectivity index is 6.00. The molecule has 168 valence electrons. The summed E-state index contributed by atoms with van der Waals surface area (Å²) in [5.74, 6) is -0.137. The summed E-state index contributed by atoms with van der Waals surface area (Å²) in [5, 5.41) is 0.0529. The van der Waals surface area contributed by atoms with Gasteiger partial charge in [0, 0.05) is 0 Å². The van der Waals surface area contributed by atoms with Crippen molar-refractivity contribution in [1.82, 2.24) is 4.90 Å². The quantitative estimate of drug-likeness (QED) is 0.254. The van der Waals surface area contributed by atoms with Crippen LogP contribution in [0.15, 0.2) is 23.8 Å². The molecule has 1 amide bonds. The molecule has 5 nitrogen and oxygen atoms in total. The number of nitrogens with zero attached hydrogens (tertiary/aromatic N) is 1. The van der Waals surface area contributed by atoms with Gasteiger partial charge < -0.3 is 9.16 Å². The number of carbonyl (C=O) groups excluding carboxylic acids is 2.